The van der Waals surface area contributed by atoms with Gasteiger partial charge in [-0.15, -0.1) is 11.8 Å². The molecule has 1 unspecified atom stereocenters. The summed E-state index contributed by atoms with van der Waals surface area (Å²) in [6.45, 7) is 2.06. The largest absolute Gasteiger partial charge is 0.481 e. The van der Waals surface area contributed by atoms with Crippen molar-refractivity contribution in [3.63, 3.8) is 0 Å². The molecule has 0 heterocycles. The van der Waals surface area contributed by atoms with Gasteiger partial charge in [0.25, 0.3) is 0 Å². The minimum absolute atomic E-state index is 0.0928. The predicted molar refractivity (Wildman–Crippen MR) is 114 cm³/mol. The van der Waals surface area contributed by atoms with Crippen molar-refractivity contribution in [2.45, 2.75) is 18.1 Å². The van der Waals surface area contributed by atoms with Crippen LogP contribution in [0.4, 0.5) is 0 Å². The van der Waals surface area contributed by atoms with Crippen molar-refractivity contribution in [2.75, 3.05) is 5.75 Å². The molecule has 2 nitrogen and oxygen atoms in total. The van der Waals surface area contributed by atoms with Gasteiger partial charge in [-0.05, 0) is 29.7 Å². The fourth-order valence-electron chi connectivity index (χ4n) is 3.22. The Labute approximate surface area is 169 Å². The van der Waals surface area contributed by atoms with Crippen molar-refractivity contribution in [3.8, 4) is 0 Å². The third-order valence-corrected chi connectivity index (χ3v) is 6.39. The number of rotatable bonds is 7. The molecule has 0 aliphatic rings. The lowest BCUT2D eigenvalue weighted by Crippen LogP contribution is -2.27. The van der Waals surface area contributed by atoms with Crippen LogP contribution in [0.1, 0.15) is 28.7 Å². The molecule has 0 radical (unpaired) electrons. The van der Waals surface area contributed by atoms with E-state index in [1.165, 1.54) is 5.56 Å². The highest BCUT2D eigenvalue weighted by Gasteiger charge is 2.38. The molecule has 0 aliphatic carbocycles. The first-order valence-corrected chi connectivity index (χ1v) is 10.1. The Morgan fingerprint density at radius 1 is 0.926 bits per heavy atom. The third-order valence-electron chi connectivity index (χ3n) is 4.53. The summed E-state index contributed by atoms with van der Waals surface area (Å²) in [5.41, 5.74) is 4.31. The van der Waals surface area contributed by atoms with Crippen molar-refractivity contribution >= 4 is 29.3 Å². The van der Waals surface area contributed by atoms with Gasteiger partial charge in [-0.2, -0.15) is 0 Å². The summed E-state index contributed by atoms with van der Waals surface area (Å²) in [4.78, 5) is 11.2. The SMILES string of the molecule is Cc1ccc(C(SCCC(=O)O)(c2ccccc2)c2ccccc2Cl)cc1. The van der Waals surface area contributed by atoms with Crippen LogP contribution in [0.15, 0.2) is 78.9 Å². The molecular weight excluding hydrogens is 376 g/mol. The molecule has 0 aliphatic heterocycles. The van der Waals surface area contributed by atoms with Crippen LogP contribution in [0.2, 0.25) is 5.02 Å². The van der Waals surface area contributed by atoms with Crippen molar-refractivity contribution < 1.29 is 9.90 Å². The first-order valence-electron chi connectivity index (χ1n) is 8.77. The van der Waals surface area contributed by atoms with Crippen molar-refractivity contribution in [1.82, 2.24) is 0 Å². The number of carboxylic acid groups (broad SMARTS) is 1. The Morgan fingerprint density at radius 3 is 2.15 bits per heavy atom. The maximum atomic E-state index is 11.2. The average Bonchev–Trinajstić information content (AvgIpc) is 2.67. The van der Waals surface area contributed by atoms with Crippen LogP contribution < -0.4 is 0 Å². The van der Waals surface area contributed by atoms with E-state index in [1.54, 1.807) is 11.8 Å². The lowest BCUT2D eigenvalue weighted by atomic mass is 9.83. The van der Waals surface area contributed by atoms with Gasteiger partial charge in [0.1, 0.15) is 0 Å². The number of halogens is 1. The van der Waals surface area contributed by atoms with E-state index in [-0.39, 0.29) is 6.42 Å². The molecule has 0 spiro atoms. The second-order valence-electron chi connectivity index (χ2n) is 6.39. The van der Waals surface area contributed by atoms with Gasteiger partial charge < -0.3 is 5.11 Å². The second-order valence-corrected chi connectivity index (χ2v) is 8.10. The van der Waals surface area contributed by atoms with E-state index in [1.807, 2.05) is 42.5 Å². The van der Waals surface area contributed by atoms with E-state index in [0.29, 0.717) is 10.8 Å². The molecule has 0 amide bonds. The average molecular weight is 397 g/mol. The first-order chi connectivity index (χ1) is 13.0. The summed E-state index contributed by atoms with van der Waals surface area (Å²) in [5, 5.41) is 9.84. The van der Waals surface area contributed by atoms with E-state index in [2.05, 4.69) is 43.3 Å². The van der Waals surface area contributed by atoms with E-state index < -0.39 is 10.7 Å². The maximum absolute atomic E-state index is 11.2. The van der Waals surface area contributed by atoms with Crippen molar-refractivity contribution in [3.05, 3.63) is 106 Å². The van der Waals surface area contributed by atoms with Crippen molar-refractivity contribution in [2.24, 2.45) is 0 Å². The topological polar surface area (TPSA) is 37.3 Å². The van der Waals surface area contributed by atoms with E-state index in [0.717, 1.165) is 16.7 Å². The molecule has 0 saturated carbocycles. The zero-order valence-electron chi connectivity index (χ0n) is 15.1. The first kappa shape index (κ1) is 19.5. The van der Waals surface area contributed by atoms with Crippen LogP contribution in [0.5, 0.6) is 0 Å². The molecular formula is C23H21ClO2S. The number of hydrogen-bond acceptors (Lipinski definition) is 2. The summed E-state index contributed by atoms with van der Waals surface area (Å²) < 4.78 is -0.581. The fourth-order valence-corrected chi connectivity index (χ4v) is 5.08. The van der Waals surface area contributed by atoms with Crippen LogP contribution in [0.3, 0.4) is 0 Å². The normalized spacial score (nSPS) is 13.1. The number of carbonyl (C=O) groups is 1. The molecule has 0 fully saturated rings. The molecule has 1 N–H and O–H groups in total. The van der Waals surface area contributed by atoms with Gasteiger partial charge in [-0.1, -0.05) is 90.0 Å². The zero-order valence-corrected chi connectivity index (χ0v) is 16.6. The smallest absolute Gasteiger partial charge is 0.304 e. The number of aryl methyl sites for hydroxylation is 1. The van der Waals surface area contributed by atoms with Crippen LogP contribution in [0.25, 0.3) is 0 Å². The maximum Gasteiger partial charge on any atom is 0.304 e. The highest BCUT2D eigenvalue weighted by atomic mass is 35.5. The van der Waals surface area contributed by atoms with Gasteiger partial charge in [-0.3, -0.25) is 4.79 Å². The van der Waals surface area contributed by atoms with E-state index >= 15 is 0 Å². The summed E-state index contributed by atoms with van der Waals surface area (Å²) >= 11 is 8.26. The van der Waals surface area contributed by atoms with Crippen LogP contribution in [0, 0.1) is 6.92 Å². The molecule has 3 rings (SSSR count). The Kier molecular flexibility index (Phi) is 6.25. The Morgan fingerprint density at radius 2 is 1.52 bits per heavy atom. The molecule has 4 heteroatoms. The van der Waals surface area contributed by atoms with Crippen LogP contribution in [-0.4, -0.2) is 16.8 Å². The number of aliphatic carboxylic acids is 1. The van der Waals surface area contributed by atoms with Crippen LogP contribution >= 0.6 is 23.4 Å². The van der Waals surface area contributed by atoms with Crippen LogP contribution in [-0.2, 0) is 9.54 Å². The van der Waals surface area contributed by atoms with Gasteiger partial charge >= 0.3 is 5.97 Å². The number of hydrogen-bond donors (Lipinski definition) is 1. The molecule has 27 heavy (non-hydrogen) atoms. The minimum atomic E-state index is -0.799. The summed E-state index contributed by atoms with van der Waals surface area (Å²) in [7, 11) is 0. The summed E-state index contributed by atoms with van der Waals surface area (Å²) in [6.07, 6.45) is 0.0928. The molecule has 3 aromatic rings. The molecule has 0 saturated heterocycles. The molecule has 0 aromatic heterocycles. The molecule has 1 atom stereocenters. The Hall–Kier alpha value is -2.23. The standard InChI is InChI=1S/C23H21ClO2S/c1-17-11-13-19(14-12-17)23(27-16-15-22(25)26,18-7-3-2-4-8-18)20-9-5-6-10-21(20)24/h2-14H,15-16H2,1H3,(H,25,26). The fraction of sp³-hybridized carbons (Fsp3) is 0.174. The van der Waals surface area contributed by atoms with Gasteiger partial charge in [0, 0.05) is 10.8 Å². The third kappa shape index (κ3) is 4.20. The Balaban J connectivity index is 2.25. The van der Waals surface area contributed by atoms with Crippen molar-refractivity contribution in [1.29, 1.82) is 0 Å². The predicted octanol–water partition coefficient (Wildman–Crippen LogP) is 6.15. The molecule has 3 aromatic carbocycles. The number of carboxylic acids is 1. The van der Waals surface area contributed by atoms with E-state index in [9.17, 15) is 9.90 Å². The Bertz CT molecular complexity index is 909. The number of thioether (sulfide) groups is 1. The van der Waals surface area contributed by atoms with E-state index in [4.69, 9.17) is 11.6 Å². The molecule has 0 bridgehead atoms. The van der Waals surface area contributed by atoms with Gasteiger partial charge in [-0.25, -0.2) is 0 Å². The number of benzene rings is 3. The van der Waals surface area contributed by atoms with Gasteiger partial charge in [0.15, 0.2) is 0 Å². The second kappa shape index (κ2) is 8.64. The quantitative estimate of drug-likeness (QED) is 0.487. The highest BCUT2D eigenvalue weighted by Crippen LogP contribution is 2.50. The minimum Gasteiger partial charge on any atom is -0.481 e. The monoisotopic (exact) mass is 396 g/mol. The van der Waals surface area contributed by atoms with Gasteiger partial charge in [0.05, 0.1) is 11.2 Å². The lowest BCUT2D eigenvalue weighted by molar-refractivity contribution is -0.136. The molecule has 138 valence electrons. The zero-order chi connectivity index (χ0) is 19.3. The lowest BCUT2D eigenvalue weighted by Gasteiger charge is -2.36. The highest BCUT2D eigenvalue weighted by molar-refractivity contribution is 8.00. The summed E-state index contributed by atoms with van der Waals surface area (Å²) in [6, 6.07) is 26.4. The van der Waals surface area contributed by atoms with Gasteiger partial charge in [0.2, 0.25) is 0 Å². The summed E-state index contributed by atoms with van der Waals surface area (Å²) in [5.74, 6) is -0.323.